The molecule has 42 heavy (non-hydrogen) atoms. The van der Waals surface area contributed by atoms with Gasteiger partial charge in [-0.2, -0.15) is 0 Å². The summed E-state index contributed by atoms with van der Waals surface area (Å²) in [6.45, 7) is 2.87. The molecule has 0 fully saturated rings. The normalized spacial score (nSPS) is 10.3. The lowest BCUT2D eigenvalue weighted by atomic mass is 10.0. The zero-order valence-electron chi connectivity index (χ0n) is 26.8. The lowest BCUT2D eigenvalue weighted by Crippen LogP contribution is -2.25. The number of nitrogens with two attached hydrogens (primary N) is 1. The van der Waals surface area contributed by atoms with Crippen LogP contribution in [0.3, 0.4) is 0 Å². The Labute approximate surface area is 257 Å². The van der Waals surface area contributed by atoms with Crippen molar-refractivity contribution in [3.05, 3.63) is 0 Å². The van der Waals surface area contributed by atoms with Crippen LogP contribution in [0.25, 0.3) is 0 Å². The molecule has 0 saturated carbocycles. The first-order valence-corrected chi connectivity index (χ1v) is 17.0. The van der Waals surface area contributed by atoms with Crippen LogP contribution in [0.4, 0.5) is 0 Å². The summed E-state index contributed by atoms with van der Waals surface area (Å²) in [6.07, 6.45) is 23.5. The van der Waals surface area contributed by atoms with Crippen molar-refractivity contribution in [3.63, 3.8) is 0 Å². The van der Waals surface area contributed by atoms with Crippen LogP contribution in [0, 0.1) is 23.7 Å². The molecular formula is C36H60N2O4. The summed E-state index contributed by atoms with van der Waals surface area (Å²) < 4.78 is 0. The second kappa shape index (κ2) is 31.5. The second-order valence-electron chi connectivity index (χ2n) is 11.4. The van der Waals surface area contributed by atoms with Crippen LogP contribution >= 0.6 is 0 Å². The highest BCUT2D eigenvalue weighted by atomic mass is 16.2. The van der Waals surface area contributed by atoms with Crippen molar-refractivity contribution in [1.82, 2.24) is 5.32 Å². The average Bonchev–Trinajstić information content (AvgIpc) is 2.97. The number of hydrogen-bond acceptors (Lipinski definition) is 5. The monoisotopic (exact) mass is 584 g/mol. The largest absolute Gasteiger partial charge is 0.356 e. The third kappa shape index (κ3) is 30.5. The third-order valence-electron chi connectivity index (χ3n) is 7.36. The third-order valence-corrected chi connectivity index (χ3v) is 7.36. The molecule has 0 spiro atoms. The Balaban J connectivity index is 3.49. The summed E-state index contributed by atoms with van der Waals surface area (Å²) in [4.78, 5) is 47.1. The van der Waals surface area contributed by atoms with E-state index < -0.39 is 0 Å². The van der Waals surface area contributed by atoms with Gasteiger partial charge in [0.05, 0.1) is 0 Å². The summed E-state index contributed by atoms with van der Waals surface area (Å²) in [6, 6.07) is 0. The molecule has 0 radical (unpaired) electrons. The van der Waals surface area contributed by atoms with E-state index in [1.54, 1.807) is 0 Å². The second-order valence-corrected chi connectivity index (χ2v) is 11.4. The number of Topliss-reactive ketones (excluding diaryl/α,β-unsaturated/α-hetero) is 3. The fourth-order valence-corrected chi connectivity index (χ4v) is 4.64. The smallest absolute Gasteiger partial charge is 0.220 e. The Kier molecular flexibility index (Phi) is 29.7. The minimum Gasteiger partial charge on any atom is -0.356 e. The van der Waals surface area contributed by atoms with E-state index >= 15 is 0 Å². The quantitative estimate of drug-likeness (QED) is 0.0697. The molecule has 0 unspecified atom stereocenters. The molecule has 6 heteroatoms. The van der Waals surface area contributed by atoms with Gasteiger partial charge in [-0.1, -0.05) is 102 Å². The standard InChI is InChI=1S/C36H60N2O4/c1-2-3-4-5-6-7-8-9-10-11-12-13-14-15-16-17-18-19-20-21-22-23-24-36(42)38-32-30-35(41)28-26-33(39)25-27-34(40)29-31-37/h2-12,17-32,37H2,1H3,(H,38,42). The van der Waals surface area contributed by atoms with Crippen molar-refractivity contribution in [3.8, 4) is 23.7 Å². The van der Waals surface area contributed by atoms with E-state index in [9.17, 15) is 19.2 Å². The zero-order chi connectivity index (χ0) is 30.9. The van der Waals surface area contributed by atoms with Crippen LogP contribution in [0.2, 0.25) is 0 Å². The lowest BCUT2D eigenvalue weighted by molar-refractivity contribution is -0.126. The van der Waals surface area contributed by atoms with Crippen molar-refractivity contribution in [2.75, 3.05) is 13.1 Å². The van der Waals surface area contributed by atoms with Crippen molar-refractivity contribution in [2.45, 2.75) is 167 Å². The number of amides is 1. The van der Waals surface area contributed by atoms with Crippen LogP contribution in [-0.2, 0) is 19.2 Å². The Morgan fingerprint density at radius 3 is 1.38 bits per heavy atom. The summed E-state index contributed by atoms with van der Waals surface area (Å²) in [5.41, 5.74) is 5.31. The van der Waals surface area contributed by atoms with E-state index in [1.807, 2.05) is 0 Å². The van der Waals surface area contributed by atoms with Crippen LogP contribution in [-0.4, -0.2) is 36.3 Å². The number of carbonyl (C=O) groups excluding carboxylic acids is 4. The summed E-state index contributed by atoms with van der Waals surface area (Å²) in [5, 5.41) is 2.79. The highest BCUT2D eigenvalue weighted by molar-refractivity contribution is 5.89. The molecular weight excluding hydrogens is 524 g/mol. The molecule has 6 nitrogen and oxygen atoms in total. The molecule has 0 atom stereocenters. The Morgan fingerprint density at radius 1 is 0.500 bits per heavy atom. The van der Waals surface area contributed by atoms with E-state index in [0.29, 0.717) is 19.5 Å². The van der Waals surface area contributed by atoms with Crippen LogP contribution in [0.15, 0.2) is 0 Å². The number of ketones is 3. The fraction of sp³-hybridized carbons (Fsp3) is 0.778. The fourth-order valence-electron chi connectivity index (χ4n) is 4.64. The molecule has 0 aromatic rings. The van der Waals surface area contributed by atoms with Gasteiger partial charge in [-0.15, -0.1) is 0 Å². The highest BCUT2D eigenvalue weighted by Crippen LogP contribution is 2.11. The maximum Gasteiger partial charge on any atom is 0.220 e. The van der Waals surface area contributed by atoms with Gasteiger partial charge in [-0.05, 0) is 37.6 Å². The predicted molar refractivity (Wildman–Crippen MR) is 174 cm³/mol. The van der Waals surface area contributed by atoms with Crippen LogP contribution < -0.4 is 11.1 Å². The summed E-state index contributed by atoms with van der Waals surface area (Å²) in [7, 11) is 0. The van der Waals surface area contributed by atoms with E-state index in [-0.39, 0.29) is 61.8 Å². The van der Waals surface area contributed by atoms with Gasteiger partial charge >= 0.3 is 0 Å². The molecule has 0 aromatic carbocycles. The van der Waals surface area contributed by atoms with E-state index in [2.05, 4.69) is 35.9 Å². The predicted octanol–water partition coefficient (Wildman–Crippen LogP) is 7.55. The van der Waals surface area contributed by atoms with Gasteiger partial charge < -0.3 is 11.1 Å². The molecule has 0 aliphatic rings. The number of rotatable bonds is 29. The molecule has 0 bridgehead atoms. The van der Waals surface area contributed by atoms with Crippen molar-refractivity contribution >= 4 is 23.3 Å². The number of nitrogens with one attached hydrogen (secondary N) is 1. The molecule has 0 saturated heterocycles. The van der Waals surface area contributed by atoms with E-state index in [0.717, 1.165) is 51.4 Å². The van der Waals surface area contributed by atoms with E-state index in [1.165, 1.54) is 64.2 Å². The first kappa shape index (κ1) is 39.6. The molecule has 3 N–H and O–H groups in total. The van der Waals surface area contributed by atoms with Gasteiger partial charge in [0.15, 0.2) is 0 Å². The van der Waals surface area contributed by atoms with Gasteiger partial charge in [0.1, 0.15) is 17.3 Å². The molecule has 0 aromatic heterocycles. The SMILES string of the molecule is CCCCCCCCCCCCC#CC#CCCCCCCCCC(=O)NCCC(=O)CCC(=O)CCC(=O)CCN. The Bertz CT molecular complexity index is 844. The van der Waals surface area contributed by atoms with Crippen molar-refractivity contribution < 1.29 is 19.2 Å². The van der Waals surface area contributed by atoms with Crippen molar-refractivity contribution in [2.24, 2.45) is 5.73 Å². The first-order chi connectivity index (χ1) is 20.5. The van der Waals surface area contributed by atoms with Gasteiger partial charge in [0.2, 0.25) is 5.91 Å². The highest BCUT2D eigenvalue weighted by Gasteiger charge is 2.10. The number of unbranched alkanes of at least 4 members (excludes halogenated alkanes) is 16. The average molecular weight is 585 g/mol. The van der Waals surface area contributed by atoms with Crippen LogP contribution in [0.5, 0.6) is 0 Å². The first-order valence-electron chi connectivity index (χ1n) is 17.0. The molecule has 0 rings (SSSR count). The van der Waals surface area contributed by atoms with E-state index in [4.69, 9.17) is 5.73 Å². The summed E-state index contributed by atoms with van der Waals surface area (Å²) in [5.74, 6) is 12.2. The van der Waals surface area contributed by atoms with Gasteiger partial charge in [-0.3, -0.25) is 19.2 Å². The topological polar surface area (TPSA) is 106 Å². The maximum atomic E-state index is 12.0. The molecule has 238 valence electrons. The minimum absolute atomic E-state index is 0.0176. The molecule has 0 aliphatic heterocycles. The van der Waals surface area contributed by atoms with Crippen LogP contribution in [0.1, 0.15) is 167 Å². The Morgan fingerprint density at radius 2 is 0.905 bits per heavy atom. The Hall–Kier alpha value is -2.44. The summed E-state index contributed by atoms with van der Waals surface area (Å²) >= 11 is 0. The number of carbonyl (C=O) groups is 4. The molecule has 0 heterocycles. The van der Waals surface area contributed by atoms with Gasteiger partial charge in [0.25, 0.3) is 0 Å². The van der Waals surface area contributed by atoms with Crippen molar-refractivity contribution in [1.29, 1.82) is 0 Å². The van der Waals surface area contributed by atoms with Gasteiger partial charge in [0, 0.05) is 64.3 Å². The molecule has 1 amide bonds. The van der Waals surface area contributed by atoms with Gasteiger partial charge in [-0.25, -0.2) is 0 Å². The minimum atomic E-state index is -0.0787. The molecule has 0 aliphatic carbocycles. The zero-order valence-corrected chi connectivity index (χ0v) is 26.8. The maximum absolute atomic E-state index is 12.0. The number of hydrogen-bond donors (Lipinski definition) is 2. The lowest BCUT2D eigenvalue weighted by Gasteiger charge is -2.05.